The van der Waals surface area contributed by atoms with Crippen LogP contribution in [0, 0.1) is 0 Å². The van der Waals surface area contributed by atoms with Crippen molar-refractivity contribution in [3.63, 3.8) is 0 Å². The van der Waals surface area contributed by atoms with Gasteiger partial charge in [0.1, 0.15) is 0 Å². The van der Waals surface area contributed by atoms with Crippen molar-refractivity contribution in [3.8, 4) is 0 Å². The second-order valence-corrected chi connectivity index (χ2v) is 5.40. The first kappa shape index (κ1) is 7.72. The molecule has 1 heteroatoms. The van der Waals surface area contributed by atoms with Crippen molar-refractivity contribution < 1.29 is 0 Å². The van der Waals surface area contributed by atoms with E-state index in [0.29, 0.717) is 4.75 Å². The van der Waals surface area contributed by atoms with E-state index >= 15 is 0 Å². The second kappa shape index (κ2) is 2.85. The van der Waals surface area contributed by atoms with Crippen molar-refractivity contribution >= 4 is 11.8 Å². The second-order valence-electron chi connectivity index (χ2n) is 3.96. The molecule has 0 unspecified atom stereocenters. The smallest absolute Gasteiger partial charge is 0.0200 e. The summed E-state index contributed by atoms with van der Waals surface area (Å²) >= 11 is 2.17. The van der Waals surface area contributed by atoms with Crippen molar-refractivity contribution in [2.24, 2.45) is 0 Å². The lowest BCUT2D eigenvalue weighted by Gasteiger charge is -2.31. The molecule has 1 spiro atoms. The minimum atomic E-state index is 0.662. The van der Waals surface area contributed by atoms with Crippen LogP contribution in [0.5, 0.6) is 0 Å². The molecule has 0 bridgehead atoms. The van der Waals surface area contributed by atoms with Crippen LogP contribution < -0.4 is 0 Å². The van der Waals surface area contributed by atoms with Crippen molar-refractivity contribution in [1.29, 1.82) is 0 Å². The molecular formula is C10H16S. The van der Waals surface area contributed by atoms with Gasteiger partial charge in [-0.15, -0.1) is 0 Å². The fourth-order valence-electron chi connectivity index (χ4n) is 2.33. The van der Waals surface area contributed by atoms with Gasteiger partial charge in [0.05, 0.1) is 0 Å². The van der Waals surface area contributed by atoms with Crippen molar-refractivity contribution in [2.75, 3.05) is 5.75 Å². The van der Waals surface area contributed by atoms with Crippen LogP contribution in [0.15, 0.2) is 12.2 Å². The molecule has 0 radical (unpaired) electrons. The molecule has 2 aliphatic rings. The SMILES string of the molecule is C=C1CSC2(CCCCC2)C1. The summed E-state index contributed by atoms with van der Waals surface area (Å²) in [4.78, 5) is 0. The Bertz CT molecular complexity index is 166. The molecule has 0 aromatic carbocycles. The minimum Gasteiger partial charge on any atom is -0.150 e. The summed E-state index contributed by atoms with van der Waals surface area (Å²) in [6.45, 7) is 4.08. The van der Waals surface area contributed by atoms with E-state index in [4.69, 9.17) is 0 Å². The molecule has 1 aliphatic heterocycles. The number of hydrogen-bond acceptors (Lipinski definition) is 1. The van der Waals surface area contributed by atoms with Gasteiger partial charge in [0.15, 0.2) is 0 Å². The van der Waals surface area contributed by atoms with Gasteiger partial charge in [-0.25, -0.2) is 0 Å². The Morgan fingerprint density at radius 3 is 2.45 bits per heavy atom. The summed E-state index contributed by atoms with van der Waals surface area (Å²) in [7, 11) is 0. The standard InChI is InChI=1S/C10H16S/c1-9-7-10(11-8-9)5-3-2-4-6-10/h1-8H2. The summed E-state index contributed by atoms with van der Waals surface area (Å²) in [6.07, 6.45) is 8.61. The van der Waals surface area contributed by atoms with Crippen LogP contribution in [0.2, 0.25) is 0 Å². The Kier molecular flexibility index (Phi) is 2.00. The van der Waals surface area contributed by atoms with Crippen molar-refractivity contribution in [2.45, 2.75) is 43.3 Å². The molecular weight excluding hydrogens is 152 g/mol. The summed E-state index contributed by atoms with van der Waals surface area (Å²) in [5.41, 5.74) is 1.48. The molecule has 0 amide bonds. The van der Waals surface area contributed by atoms with Gasteiger partial charge in [0.2, 0.25) is 0 Å². The van der Waals surface area contributed by atoms with E-state index in [-0.39, 0.29) is 0 Å². The Hall–Kier alpha value is 0.0900. The third-order valence-corrected chi connectivity index (χ3v) is 4.64. The summed E-state index contributed by atoms with van der Waals surface area (Å²) in [6, 6.07) is 0. The minimum absolute atomic E-state index is 0.662. The van der Waals surface area contributed by atoms with Gasteiger partial charge in [0, 0.05) is 10.5 Å². The molecule has 0 N–H and O–H groups in total. The van der Waals surface area contributed by atoms with E-state index < -0.39 is 0 Å². The quantitative estimate of drug-likeness (QED) is 0.500. The topological polar surface area (TPSA) is 0 Å². The number of rotatable bonds is 0. The maximum atomic E-state index is 4.08. The average molecular weight is 168 g/mol. The highest BCUT2D eigenvalue weighted by Gasteiger charge is 2.36. The van der Waals surface area contributed by atoms with Gasteiger partial charge in [-0.1, -0.05) is 31.4 Å². The average Bonchev–Trinajstić information content (AvgIpc) is 2.34. The highest BCUT2D eigenvalue weighted by Crippen LogP contribution is 2.49. The monoisotopic (exact) mass is 168 g/mol. The third-order valence-electron chi connectivity index (χ3n) is 2.92. The van der Waals surface area contributed by atoms with E-state index in [1.165, 1.54) is 49.9 Å². The molecule has 2 fully saturated rings. The summed E-state index contributed by atoms with van der Waals surface area (Å²) in [5.74, 6) is 1.24. The van der Waals surface area contributed by atoms with Gasteiger partial charge >= 0.3 is 0 Å². The lowest BCUT2D eigenvalue weighted by atomic mass is 9.85. The molecule has 1 heterocycles. The zero-order chi connectivity index (χ0) is 7.73. The first-order valence-electron chi connectivity index (χ1n) is 4.61. The highest BCUT2D eigenvalue weighted by atomic mass is 32.2. The normalized spacial score (nSPS) is 29.6. The molecule has 11 heavy (non-hydrogen) atoms. The van der Waals surface area contributed by atoms with E-state index in [9.17, 15) is 0 Å². The van der Waals surface area contributed by atoms with Crippen LogP contribution in [0.3, 0.4) is 0 Å². The van der Waals surface area contributed by atoms with Crippen LogP contribution in [0.4, 0.5) is 0 Å². The number of thioether (sulfide) groups is 1. The van der Waals surface area contributed by atoms with Crippen LogP contribution in [-0.2, 0) is 0 Å². The predicted octanol–water partition coefficient (Wildman–Crippen LogP) is 3.38. The van der Waals surface area contributed by atoms with Gasteiger partial charge < -0.3 is 0 Å². The van der Waals surface area contributed by atoms with E-state index in [1.54, 1.807) is 0 Å². The van der Waals surface area contributed by atoms with Gasteiger partial charge in [-0.2, -0.15) is 11.8 Å². The zero-order valence-corrected chi connectivity index (χ0v) is 7.88. The Morgan fingerprint density at radius 1 is 1.18 bits per heavy atom. The third kappa shape index (κ3) is 1.48. The molecule has 1 saturated carbocycles. The maximum Gasteiger partial charge on any atom is 0.0200 e. The highest BCUT2D eigenvalue weighted by molar-refractivity contribution is 8.01. The zero-order valence-electron chi connectivity index (χ0n) is 7.07. The number of hydrogen-bond donors (Lipinski definition) is 0. The van der Waals surface area contributed by atoms with Gasteiger partial charge in [-0.3, -0.25) is 0 Å². The van der Waals surface area contributed by atoms with Crippen LogP contribution in [0.1, 0.15) is 38.5 Å². The molecule has 0 aromatic rings. The van der Waals surface area contributed by atoms with E-state index in [1.807, 2.05) is 0 Å². The predicted molar refractivity (Wildman–Crippen MR) is 52.0 cm³/mol. The van der Waals surface area contributed by atoms with Crippen molar-refractivity contribution in [3.05, 3.63) is 12.2 Å². The van der Waals surface area contributed by atoms with Crippen LogP contribution in [-0.4, -0.2) is 10.5 Å². The molecule has 0 nitrogen and oxygen atoms in total. The van der Waals surface area contributed by atoms with E-state index in [0.717, 1.165) is 0 Å². The summed E-state index contributed by atoms with van der Waals surface area (Å²) < 4.78 is 0.662. The molecule has 2 rings (SSSR count). The molecule has 62 valence electrons. The summed E-state index contributed by atoms with van der Waals surface area (Å²) in [5, 5.41) is 0. The van der Waals surface area contributed by atoms with Crippen molar-refractivity contribution in [1.82, 2.24) is 0 Å². The largest absolute Gasteiger partial charge is 0.150 e. The molecule has 1 saturated heterocycles. The Balaban J connectivity index is 2.03. The Morgan fingerprint density at radius 2 is 1.91 bits per heavy atom. The van der Waals surface area contributed by atoms with Crippen LogP contribution >= 0.6 is 11.8 Å². The van der Waals surface area contributed by atoms with Gasteiger partial charge in [0.25, 0.3) is 0 Å². The first-order valence-corrected chi connectivity index (χ1v) is 5.60. The van der Waals surface area contributed by atoms with E-state index in [2.05, 4.69) is 18.3 Å². The lowest BCUT2D eigenvalue weighted by Crippen LogP contribution is -2.24. The fourth-order valence-corrected chi connectivity index (χ4v) is 3.83. The molecule has 0 aromatic heterocycles. The fraction of sp³-hybridized carbons (Fsp3) is 0.800. The maximum absolute atomic E-state index is 4.08. The molecule has 1 aliphatic carbocycles. The first-order chi connectivity index (χ1) is 5.31. The lowest BCUT2D eigenvalue weighted by molar-refractivity contribution is 0.402. The Labute approximate surface area is 73.4 Å². The van der Waals surface area contributed by atoms with Crippen LogP contribution in [0.25, 0.3) is 0 Å². The molecule has 0 atom stereocenters. The van der Waals surface area contributed by atoms with Gasteiger partial charge in [-0.05, 0) is 19.3 Å².